The number of imidazole rings is 1. The highest BCUT2D eigenvalue weighted by Gasteiger charge is 2.27. The number of carbonyl (C=O) groups is 1. The number of ether oxygens (including phenoxy) is 1. The number of aromatic amines is 1. The molecule has 146 valence electrons. The van der Waals surface area contributed by atoms with Gasteiger partial charge in [-0.25, -0.2) is 4.98 Å². The molecule has 0 bridgehead atoms. The molecule has 2 N–H and O–H groups in total. The second kappa shape index (κ2) is 7.92. The number of fused-ring (bicyclic) bond motifs is 1. The van der Waals surface area contributed by atoms with Gasteiger partial charge in [-0.05, 0) is 55.2 Å². The quantitative estimate of drug-likeness (QED) is 0.714. The monoisotopic (exact) mass is 378 g/mol. The van der Waals surface area contributed by atoms with E-state index in [-0.39, 0.29) is 11.8 Å². The van der Waals surface area contributed by atoms with Crippen LogP contribution >= 0.6 is 0 Å². The third kappa shape index (κ3) is 3.96. The predicted molar refractivity (Wildman–Crippen MR) is 111 cm³/mol. The Morgan fingerprint density at radius 1 is 1.32 bits per heavy atom. The van der Waals surface area contributed by atoms with Gasteiger partial charge in [-0.15, -0.1) is 0 Å². The Kier molecular flexibility index (Phi) is 5.19. The van der Waals surface area contributed by atoms with E-state index < -0.39 is 0 Å². The molecular weight excluding hydrogens is 352 g/mol. The summed E-state index contributed by atoms with van der Waals surface area (Å²) in [5.74, 6) is 1.72. The van der Waals surface area contributed by atoms with E-state index >= 15 is 0 Å². The number of benzene rings is 2. The van der Waals surface area contributed by atoms with Crippen molar-refractivity contribution in [2.24, 2.45) is 5.92 Å². The van der Waals surface area contributed by atoms with Crippen LogP contribution in [0.5, 0.6) is 5.75 Å². The minimum atomic E-state index is -0.0330. The average Bonchev–Trinajstić information content (AvgIpc) is 3.15. The van der Waals surface area contributed by atoms with Crippen LogP contribution in [-0.2, 0) is 11.3 Å². The van der Waals surface area contributed by atoms with Gasteiger partial charge in [0.1, 0.15) is 5.75 Å². The van der Waals surface area contributed by atoms with E-state index in [1.807, 2.05) is 30.3 Å². The van der Waals surface area contributed by atoms with Gasteiger partial charge < -0.3 is 19.9 Å². The molecule has 1 atom stereocenters. The van der Waals surface area contributed by atoms with Crippen molar-refractivity contribution >= 4 is 22.9 Å². The van der Waals surface area contributed by atoms with Gasteiger partial charge in [0, 0.05) is 19.6 Å². The van der Waals surface area contributed by atoms with Gasteiger partial charge in [0.2, 0.25) is 11.9 Å². The van der Waals surface area contributed by atoms with Gasteiger partial charge >= 0.3 is 0 Å². The van der Waals surface area contributed by atoms with Crippen molar-refractivity contribution in [1.29, 1.82) is 0 Å². The lowest BCUT2D eigenvalue weighted by atomic mass is 9.97. The fraction of sp³-hybridized carbons (Fsp3) is 0.364. The van der Waals surface area contributed by atoms with Gasteiger partial charge in [-0.1, -0.05) is 18.2 Å². The number of methoxy groups -OCH3 is 1. The maximum absolute atomic E-state index is 12.7. The predicted octanol–water partition coefficient (Wildman–Crippen LogP) is 3.41. The van der Waals surface area contributed by atoms with E-state index in [0.29, 0.717) is 13.1 Å². The molecular formula is C22H26N4O2. The summed E-state index contributed by atoms with van der Waals surface area (Å²) in [5.41, 5.74) is 4.24. The van der Waals surface area contributed by atoms with E-state index in [2.05, 4.69) is 34.3 Å². The Morgan fingerprint density at radius 3 is 3.07 bits per heavy atom. The minimum absolute atomic E-state index is 0.0330. The van der Waals surface area contributed by atoms with Crippen LogP contribution in [0.3, 0.4) is 0 Å². The highest BCUT2D eigenvalue weighted by Crippen LogP contribution is 2.24. The van der Waals surface area contributed by atoms with E-state index in [9.17, 15) is 4.79 Å². The van der Waals surface area contributed by atoms with Crippen LogP contribution in [0.25, 0.3) is 11.0 Å². The number of hydrogen-bond donors (Lipinski definition) is 2. The topological polar surface area (TPSA) is 70.2 Å². The Hall–Kier alpha value is -3.02. The fourth-order valence-corrected chi connectivity index (χ4v) is 3.76. The molecule has 1 fully saturated rings. The molecule has 3 aromatic rings. The van der Waals surface area contributed by atoms with Crippen molar-refractivity contribution in [3.05, 3.63) is 53.6 Å². The Morgan fingerprint density at radius 2 is 2.21 bits per heavy atom. The van der Waals surface area contributed by atoms with Crippen LogP contribution in [0.2, 0.25) is 0 Å². The average molecular weight is 378 g/mol. The van der Waals surface area contributed by atoms with Crippen molar-refractivity contribution in [3.8, 4) is 5.75 Å². The number of aryl methyl sites for hydroxylation is 1. The molecule has 0 saturated carbocycles. The highest BCUT2D eigenvalue weighted by atomic mass is 16.5. The number of anilines is 1. The molecule has 2 heterocycles. The molecule has 4 rings (SSSR count). The normalized spacial score (nSPS) is 16.9. The summed E-state index contributed by atoms with van der Waals surface area (Å²) in [5, 5.41) is 3.07. The standard InChI is InChI=1S/C22H26N4O2/c1-15-8-9-19-20(11-15)25-22(24-19)26-10-4-6-17(14-26)21(27)23-13-16-5-3-7-18(12-16)28-2/h3,5,7-9,11-12,17H,4,6,10,13-14H2,1-2H3,(H,23,27)(H,24,25)/t17-/m1/s1. The molecule has 6 nitrogen and oxygen atoms in total. The first-order valence-electron chi connectivity index (χ1n) is 9.74. The summed E-state index contributed by atoms with van der Waals surface area (Å²) >= 11 is 0. The first-order valence-corrected chi connectivity index (χ1v) is 9.74. The minimum Gasteiger partial charge on any atom is -0.497 e. The lowest BCUT2D eigenvalue weighted by Crippen LogP contribution is -2.43. The summed E-state index contributed by atoms with van der Waals surface area (Å²) < 4.78 is 5.24. The smallest absolute Gasteiger partial charge is 0.225 e. The zero-order valence-electron chi connectivity index (χ0n) is 16.4. The van der Waals surface area contributed by atoms with Crippen LogP contribution in [0.4, 0.5) is 5.95 Å². The number of nitrogens with zero attached hydrogens (tertiary/aromatic N) is 2. The lowest BCUT2D eigenvalue weighted by Gasteiger charge is -2.31. The summed E-state index contributed by atoms with van der Waals surface area (Å²) in [7, 11) is 1.65. The molecule has 0 aliphatic carbocycles. The summed E-state index contributed by atoms with van der Waals surface area (Å²) in [4.78, 5) is 23.0. The highest BCUT2D eigenvalue weighted by molar-refractivity contribution is 5.80. The van der Waals surface area contributed by atoms with Gasteiger partial charge in [0.15, 0.2) is 0 Å². The Labute approximate surface area is 164 Å². The maximum atomic E-state index is 12.7. The molecule has 0 radical (unpaired) electrons. The number of piperidine rings is 1. The number of hydrogen-bond acceptors (Lipinski definition) is 4. The Bertz CT molecular complexity index is 982. The van der Waals surface area contributed by atoms with Crippen LogP contribution in [0, 0.1) is 12.8 Å². The molecule has 6 heteroatoms. The molecule has 1 aliphatic rings. The van der Waals surface area contributed by atoms with Crippen LogP contribution in [0.15, 0.2) is 42.5 Å². The molecule has 1 amide bonds. The van der Waals surface area contributed by atoms with Crippen LogP contribution in [-0.4, -0.2) is 36.1 Å². The van der Waals surface area contributed by atoms with Crippen molar-refractivity contribution < 1.29 is 9.53 Å². The summed E-state index contributed by atoms with van der Waals surface area (Å²) in [6.07, 6.45) is 1.88. The third-order valence-corrected chi connectivity index (χ3v) is 5.32. The molecule has 0 unspecified atom stereocenters. The van der Waals surface area contributed by atoms with E-state index in [1.165, 1.54) is 5.56 Å². The third-order valence-electron chi connectivity index (χ3n) is 5.32. The van der Waals surface area contributed by atoms with Gasteiger partial charge in [0.25, 0.3) is 0 Å². The van der Waals surface area contributed by atoms with Crippen molar-refractivity contribution in [3.63, 3.8) is 0 Å². The van der Waals surface area contributed by atoms with E-state index in [4.69, 9.17) is 9.72 Å². The fourth-order valence-electron chi connectivity index (χ4n) is 3.76. The second-order valence-corrected chi connectivity index (χ2v) is 7.44. The van der Waals surface area contributed by atoms with Crippen LogP contribution < -0.4 is 15.0 Å². The zero-order chi connectivity index (χ0) is 19.5. The molecule has 1 aliphatic heterocycles. The SMILES string of the molecule is COc1cccc(CNC(=O)[C@@H]2CCCN(c3nc4ccc(C)cc4[nH]3)C2)c1. The largest absolute Gasteiger partial charge is 0.497 e. The first-order chi connectivity index (χ1) is 13.6. The van der Waals surface area contributed by atoms with Crippen molar-refractivity contribution in [2.75, 3.05) is 25.1 Å². The summed E-state index contributed by atoms with van der Waals surface area (Å²) in [6.45, 7) is 4.18. The number of nitrogens with one attached hydrogen (secondary N) is 2. The van der Waals surface area contributed by atoms with Crippen LogP contribution in [0.1, 0.15) is 24.0 Å². The lowest BCUT2D eigenvalue weighted by molar-refractivity contribution is -0.125. The van der Waals surface area contributed by atoms with Gasteiger partial charge in [-0.2, -0.15) is 0 Å². The van der Waals surface area contributed by atoms with E-state index in [0.717, 1.165) is 47.7 Å². The number of amides is 1. The molecule has 1 saturated heterocycles. The first kappa shape index (κ1) is 18.3. The van der Waals surface area contributed by atoms with Crippen molar-refractivity contribution in [2.45, 2.75) is 26.3 Å². The Balaban J connectivity index is 1.40. The molecule has 2 aromatic carbocycles. The zero-order valence-corrected chi connectivity index (χ0v) is 16.4. The number of aromatic nitrogens is 2. The number of rotatable bonds is 5. The molecule has 28 heavy (non-hydrogen) atoms. The molecule has 0 spiro atoms. The maximum Gasteiger partial charge on any atom is 0.225 e. The molecule has 1 aromatic heterocycles. The van der Waals surface area contributed by atoms with Crippen molar-refractivity contribution in [1.82, 2.24) is 15.3 Å². The van der Waals surface area contributed by atoms with E-state index in [1.54, 1.807) is 7.11 Å². The van der Waals surface area contributed by atoms with Gasteiger partial charge in [-0.3, -0.25) is 4.79 Å². The summed E-state index contributed by atoms with van der Waals surface area (Å²) in [6, 6.07) is 14.0. The number of H-pyrrole nitrogens is 1. The van der Waals surface area contributed by atoms with Gasteiger partial charge in [0.05, 0.1) is 24.1 Å². The second-order valence-electron chi connectivity index (χ2n) is 7.44. The number of carbonyl (C=O) groups excluding carboxylic acids is 1.